The molecular formula is C10H11FO5S2. The molecular weight excluding hydrogens is 283 g/mol. The van der Waals surface area contributed by atoms with Crippen LogP contribution in [0, 0.1) is 0 Å². The summed E-state index contributed by atoms with van der Waals surface area (Å²) in [5, 5.41) is 8.51. The van der Waals surface area contributed by atoms with Gasteiger partial charge in [-0.05, 0) is 12.1 Å². The van der Waals surface area contributed by atoms with Gasteiger partial charge in [0.2, 0.25) is 0 Å². The van der Waals surface area contributed by atoms with E-state index in [1.165, 1.54) is 0 Å². The fourth-order valence-corrected chi connectivity index (χ4v) is 2.87. The lowest BCUT2D eigenvalue weighted by atomic mass is 10.3. The molecule has 0 aliphatic heterocycles. The molecule has 1 atom stereocenters. The van der Waals surface area contributed by atoms with Crippen molar-refractivity contribution in [1.29, 1.82) is 0 Å². The molecule has 1 aromatic carbocycles. The number of thioether (sulfide) groups is 1. The minimum atomic E-state index is -4.73. The van der Waals surface area contributed by atoms with Crippen LogP contribution in [-0.4, -0.2) is 36.4 Å². The van der Waals surface area contributed by atoms with Crippen molar-refractivity contribution in [2.75, 3.05) is 11.5 Å². The summed E-state index contributed by atoms with van der Waals surface area (Å²) in [6, 6.07) is 8.20. The monoisotopic (exact) mass is 294 g/mol. The number of para-hydroxylation sites is 1. The highest BCUT2D eigenvalue weighted by atomic mass is 32.3. The largest absolute Gasteiger partial charge is 0.481 e. The molecule has 0 fully saturated rings. The van der Waals surface area contributed by atoms with Crippen LogP contribution in [0.15, 0.2) is 30.3 Å². The molecule has 0 heterocycles. The van der Waals surface area contributed by atoms with Crippen LogP contribution >= 0.6 is 11.8 Å². The summed E-state index contributed by atoms with van der Waals surface area (Å²) < 4.78 is 39.0. The zero-order valence-corrected chi connectivity index (χ0v) is 10.8. The van der Waals surface area contributed by atoms with Crippen LogP contribution < -0.4 is 4.74 Å². The van der Waals surface area contributed by atoms with Crippen molar-refractivity contribution in [1.82, 2.24) is 0 Å². The van der Waals surface area contributed by atoms with Crippen LogP contribution in [0.5, 0.6) is 5.75 Å². The number of halogens is 1. The quantitative estimate of drug-likeness (QED) is 0.606. The second-order valence-corrected chi connectivity index (χ2v) is 5.83. The third-order valence-corrected chi connectivity index (χ3v) is 3.70. The van der Waals surface area contributed by atoms with Gasteiger partial charge in [-0.3, -0.25) is 4.79 Å². The van der Waals surface area contributed by atoms with Gasteiger partial charge in [0.05, 0.1) is 5.75 Å². The molecule has 0 spiro atoms. The molecule has 0 unspecified atom stereocenters. The lowest BCUT2D eigenvalue weighted by Crippen LogP contribution is -2.23. The molecule has 1 N–H and O–H groups in total. The fraction of sp³-hybridized carbons (Fsp3) is 0.300. The van der Waals surface area contributed by atoms with Crippen LogP contribution in [0.3, 0.4) is 0 Å². The third kappa shape index (κ3) is 6.45. The molecule has 0 radical (unpaired) electrons. The predicted molar refractivity (Wildman–Crippen MR) is 65.8 cm³/mol. The number of benzene rings is 1. The minimum absolute atomic E-state index is 0.351. The van der Waals surface area contributed by atoms with Gasteiger partial charge in [0, 0.05) is 0 Å². The van der Waals surface area contributed by atoms with Crippen molar-refractivity contribution in [3.8, 4) is 5.75 Å². The average Bonchev–Trinajstić information content (AvgIpc) is 2.25. The molecule has 5 nitrogen and oxygen atoms in total. The summed E-state index contributed by atoms with van der Waals surface area (Å²) in [6.07, 6.45) is 0. The number of aliphatic carboxylic acids is 1. The first-order valence-electron chi connectivity index (χ1n) is 4.84. The van der Waals surface area contributed by atoms with E-state index in [4.69, 9.17) is 9.84 Å². The van der Waals surface area contributed by atoms with Crippen molar-refractivity contribution >= 4 is 28.0 Å². The summed E-state index contributed by atoms with van der Waals surface area (Å²) in [6.45, 7) is 0. The van der Waals surface area contributed by atoms with Gasteiger partial charge in [0.25, 0.3) is 0 Å². The van der Waals surface area contributed by atoms with E-state index < -0.39 is 27.4 Å². The van der Waals surface area contributed by atoms with Crippen molar-refractivity contribution in [2.24, 2.45) is 0 Å². The number of hydrogen-bond acceptors (Lipinski definition) is 5. The molecule has 0 saturated carbocycles. The van der Waals surface area contributed by atoms with Gasteiger partial charge in [-0.25, -0.2) is 0 Å². The third-order valence-electron chi connectivity index (χ3n) is 1.74. The highest BCUT2D eigenvalue weighted by Crippen LogP contribution is 2.20. The summed E-state index contributed by atoms with van der Waals surface area (Å²) in [7, 11) is -4.73. The second-order valence-electron chi connectivity index (χ2n) is 3.27. The van der Waals surface area contributed by atoms with E-state index in [1.54, 1.807) is 30.3 Å². The van der Waals surface area contributed by atoms with Crippen LogP contribution in [0.4, 0.5) is 3.89 Å². The van der Waals surface area contributed by atoms with E-state index in [1.807, 2.05) is 0 Å². The predicted octanol–water partition coefficient (Wildman–Crippen LogP) is 1.51. The van der Waals surface area contributed by atoms with Gasteiger partial charge in [0.15, 0.2) is 5.44 Å². The Morgan fingerprint density at radius 2 is 2.00 bits per heavy atom. The van der Waals surface area contributed by atoms with Crippen molar-refractivity contribution < 1.29 is 26.9 Å². The number of carboxylic acid groups (broad SMARTS) is 1. The maximum atomic E-state index is 12.6. The van der Waals surface area contributed by atoms with Gasteiger partial charge in [-0.15, -0.1) is 15.6 Å². The minimum Gasteiger partial charge on any atom is -0.481 e. The van der Waals surface area contributed by atoms with Crippen LogP contribution in [0.25, 0.3) is 0 Å². The van der Waals surface area contributed by atoms with E-state index in [2.05, 4.69) is 0 Å². The van der Waals surface area contributed by atoms with Gasteiger partial charge in [0.1, 0.15) is 11.5 Å². The van der Waals surface area contributed by atoms with Crippen molar-refractivity contribution in [3.63, 3.8) is 0 Å². The molecule has 0 bridgehead atoms. The van der Waals surface area contributed by atoms with E-state index in [9.17, 15) is 17.1 Å². The average molecular weight is 294 g/mol. The first-order valence-corrected chi connectivity index (χ1v) is 7.44. The maximum Gasteiger partial charge on any atom is 0.313 e. The number of hydrogen-bond donors (Lipinski definition) is 1. The number of carbonyl (C=O) groups is 1. The molecule has 8 heteroatoms. The Labute approximate surface area is 108 Å². The Kier molecular flexibility index (Phi) is 5.42. The topological polar surface area (TPSA) is 80.7 Å². The van der Waals surface area contributed by atoms with Gasteiger partial charge >= 0.3 is 16.2 Å². The first kappa shape index (κ1) is 14.8. The van der Waals surface area contributed by atoms with Gasteiger partial charge in [-0.2, -0.15) is 8.42 Å². The summed E-state index contributed by atoms with van der Waals surface area (Å²) in [5.74, 6) is -2.03. The second kappa shape index (κ2) is 6.60. The first-order chi connectivity index (χ1) is 8.37. The molecule has 1 rings (SSSR count). The zero-order chi connectivity index (χ0) is 13.6. The fourth-order valence-electron chi connectivity index (χ4n) is 1.09. The normalized spacial score (nSPS) is 12.9. The van der Waals surface area contributed by atoms with Gasteiger partial charge < -0.3 is 9.84 Å². The van der Waals surface area contributed by atoms with Crippen LogP contribution in [0.1, 0.15) is 0 Å². The Hall–Kier alpha value is -1.28. The van der Waals surface area contributed by atoms with E-state index in [0.29, 0.717) is 17.5 Å². The Balaban J connectivity index is 2.68. The summed E-state index contributed by atoms with van der Waals surface area (Å²) in [4.78, 5) is 10.4. The molecule has 0 saturated heterocycles. The van der Waals surface area contributed by atoms with Gasteiger partial charge in [-0.1, -0.05) is 18.2 Å². The van der Waals surface area contributed by atoms with Crippen LogP contribution in [-0.2, 0) is 15.0 Å². The SMILES string of the molecule is O=C(O)CS[C@H](CS(=O)(=O)F)Oc1ccccc1. The van der Waals surface area contributed by atoms with Crippen LogP contribution in [0.2, 0.25) is 0 Å². The smallest absolute Gasteiger partial charge is 0.313 e. The summed E-state index contributed by atoms with van der Waals surface area (Å²) >= 11 is 0.710. The molecule has 0 aromatic heterocycles. The lowest BCUT2D eigenvalue weighted by Gasteiger charge is -2.15. The lowest BCUT2D eigenvalue weighted by molar-refractivity contribution is -0.133. The number of ether oxygens (including phenoxy) is 1. The molecule has 0 aliphatic carbocycles. The summed E-state index contributed by atoms with van der Waals surface area (Å²) in [5.41, 5.74) is -1.10. The molecule has 18 heavy (non-hydrogen) atoms. The highest BCUT2D eigenvalue weighted by Gasteiger charge is 2.21. The highest BCUT2D eigenvalue weighted by molar-refractivity contribution is 8.01. The van der Waals surface area contributed by atoms with Crippen molar-refractivity contribution in [2.45, 2.75) is 5.44 Å². The molecule has 1 aromatic rings. The molecule has 100 valence electrons. The number of carboxylic acids is 1. The van der Waals surface area contributed by atoms with E-state index in [0.717, 1.165) is 0 Å². The van der Waals surface area contributed by atoms with Crippen molar-refractivity contribution in [3.05, 3.63) is 30.3 Å². The number of rotatable bonds is 7. The Morgan fingerprint density at radius 3 is 2.50 bits per heavy atom. The Morgan fingerprint density at radius 1 is 1.39 bits per heavy atom. The van der Waals surface area contributed by atoms with E-state index >= 15 is 0 Å². The standard InChI is InChI=1S/C10H11FO5S2/c11-18(14,15)7-10(17-6-9(12)13)16-8-4-2-1-3-5-8/h1-5,10H,6-7H2,(H,12,13)/t10-/m1/s1. The Bertz CT molecular complexity index is 488. The molecule has 0 aliphatic rings. The van der Waals surface area contributed by atoms with E-state index in [-0.39, 0.29) is 5.75 Å². The maximum absolute atomic E-state index is 12.6. The molecule has 0 amide bonds. The zero-order valence-electron chi connectivity index (χ0n) is 9.15.